The summed E-state index contributed by atoms with van der Waals surface area (Å²) in [5.41, 5.74) is 26.4. The van der Waals surface area contributed by atoms with E-state index < -0.39 is 5.41 Å². The number of rotatable bonds is 5. The average molecular weight is 780 g/mol. The van der Waals surface area contributed by atoms with Gasteiger partial charge in [-0.2, -0.15) is 0 Å². The Kier molecular flexibility index (Phi) is 7.69. The van der Waals surface area contributed by atoms with Gasteiger partial charge in [-0.3, -0.25) is 0 Å². The molecule has 1 spiro atoms. The van der Waals surface area contributed by atoms with Gasteiger partial charge >= 0.3 is 0 Å². The summed E-state index contributed by atoms with van der Waals surface area (Å²) in [5, 5.41) is 0. The minimum atomic E-state index is -0.430. The standard InChI is InChI=1S/C60H45N/c1-38-33-43(42-20-16-19-41(35-42)40-17-6-5-7-18-40)34-39(2)58(38)61(44-29-31-50-46-21-8-12-25-52(46)59(3,4)56(50)36-44)45-30-32-51-49-24-11-15-28-55(49)60(57(51)37-45)53-26-13-9-22-47(53)48-23-10-14-27-54(48)60/h5-37H,1-4H3. The van der Waals surface area contributed by atoms with Gasteiger partial charge in [0.05, 0.1) is 11.1 Å². The Bertz CT molecular complexity index is 3170. The number of hydrogen-bond donors (Lipinski definition) is 0. The van der Waals surface area contributed by atoms with Gasteiger partial charge < -0.3 is 4.90 Å². The second-order valence-electron chi connectivity index (χ2n) is 17.8. The van der Waals surface area contributed by atoms with Gasteiger partial charge in [0.15, 0.2) is 0 Å². The molecule has 61 heavy (non-hydrogen) atoms. The van der Waals surface area contributed by atoms with Crippen LogP contribution in [0.15, 0.2) is 200 Å². The van der Waals surface area contributed by atoms with E-state index in [-0.39, 0.29) is 5.41 Å². The fourth-order valence-electron chi connectivity index (χ4n) is 11.4. The fraction of sp³-hybridized carbons (Fsp3) is 0.100. The van der Waals surface area contributed by atoms with Crippen LogP contribution < -0.4 is 4.90 Å². The van der Waals surface area contributed by atoms with E-state index in [0.717, 1.165) is 5.69 Å². The SMILES string of the molecule is Cc1cc(-c2cccc(-c3ccccc3)c2)cc(C)c1N(c1ccc2c(c1)C(C)(C)c1ccccc1-2)c1ccc2c(c1)C1(c3ccccc3-c3ccccc31)c1ccccc1-2. The Morgan fingerprint density at radius 1 is 0.311 bits per heavy atom. The molecule has 0 amide bonds. The predicted molar refractivity (Wildman–Crippen MR) is 255 cm³/mol. The first-order valence-corrected chi connectivity index (χ1v) is 21.6. The van der Waals surface area contributed by atoms with Crippen molar-refractivity contribution in [3.05, 3.63) is 245 Å². The first kappa shape index (κ1) is 35.7. The van der Waals surface area contributed by atoms with Crippen molar-refractivity contribution in [1.29, 1.82) is 0 Å². The molecule has 9 aromatic rings. The van der Waals surface area contributed by atoms with E-state index >= 15 is 0 Å². The van der Waals surface area contributed by atoms with Crippen molar-refractivity contribution in [2.45, 2.75) is 38.5 Å². The van der Waals surface area contributed by atoms with Crippen molar-refractivity contribution in [1.82, 2.24) is 0 Å². The molecule has 0 aromatic heterocycles. The first-order chi connectivity index (χ1) is 29.8. The number of nitrogens with zero attached hydrogens (tertiary/aromatic N) is 1. The van der Waals surface area contributed by atoms with Gasteiger partial charge in [0.25, 0.3) is 0 Å². The minimum absolute atomic E-state index is 0.133. The van der Waals surface area contributed by atoms with E-state index in [2.05, 4.69) is 233 Å². The zero-order valence-electron chi connectivity index (χ0n) is 35.0. The Hall–Kier alpha value is -7.22. The van der Waals surface area contributed by atoms with Crippen LogP contribution in [0.4, 0.5) is 17.1 Å². The Morgan fingerprint density at radius 2 is 0.721 bits per heavy atom. The summed E-state index contributed by atoms with van der Waals surface area (Å²) in [7, 11) is 0. The van der Waals surface area contributed by atoms with Crippen molar-refractivity contribution < 1.29 is 0 Å². The molecule has 290 valence electrons. The highest BCUT2D eigenvalue weighted by molar-refractivity contribution is 5.97. The number of aryl methyl sites for hydroxylation is 2. The summed E-state index contributed by atoms with van der Waals surface area (Å²) in [4.78, 5) is 2.55. The summed E-state index contributed by atoms with van der Waals surface area (Å²) in [5.74, 6) is 0. The van der Waals surface area contributed by atoms with E-state index in [0.29, 0.717) is 0 Å². The molecule has 0 bridgehead atoms. The Morgan fingerprint density at radius 3 is 1.28 bits per heavy atom. The van der Waals surface area contributed by atoms with E-state index in [1.165, 1.54) is 112 Å². The lowest BCUT2D eigenvalue weighted by Crippen LogP contribution is -2.26. The molecule has 0 heterocycles. The van der Waals surface area contributed by atoms with Gasteiger partial charge in [0.2, 0.25) is 0 Å². The molecule has 0 atom stereocenters. The van der Waals surface area contributed by atoms with Crippen LogP contribution in [-0.4, -0.2) is 0 Å². The number of anilines is 3. The van der Waals surface area contributed by atoms with E-state index in [9.17, 15) is 0 Å². The maximum absolute atomic E-state index is 2.55. The van der Waals surface area contributed by atoms with Crippen LogP contribution in [0.5, 0.6) is 0 Å². The molecule has 12 rings (SSSR count). The molecular formula is C60H45N. The monoisotopic (exact) mass is 779 g/mol. The molecule has 3 aliphatic rings. The summed E-state index contributed by atoms with van der Waals surface area (Å²) >= 11 is 0. The van der Waals surface area contributed by atoms with Crippen LogP contribution in [0.1, 0.15) is 58.4 Å². The van der Waals surface area contributed by atoms with Crippen LogP contribution in [-0.2, 0) is 10.8 Å². The topological polar surface area (TPSA) is 3.24 Å². The van der Waals surface area contributed by atoms with Gasteiger partial charge in [0, 0.05) is 16.8 Å². The lowest BCUT2D eigenvalue weighted by atomic mass is 9.70. The van der Waals surface area contributed by atoms with Crippen LogP contribution in [0.2, 0.25) is 0 Å². The predicted octanol–water partition coefficient (Wildman–Crippen LogP) is 15.8. The highest BCUT2D eigenvalue weighted by Crippen LogP contribution is 2.63. The Labute approximate surface area is 359 Å². The average Bonchev–Trinajstić information content (AvgIpc) is 3.86. The number of fused-ring (bicyclic) bond motifs is 13. The summed E-state index contributed by atoms with van der Waals surface area (Å²) in [6, 6.07) is 75.2. The summed E-state index contributed by atoms with van der Waals surface area (Å²) < 4.78 is 0. The van der Waals surface area contributed by atoms with Gasteiger partial charge in [-0.15, -0.1) is 0 Å². The van der Waals surface area contributed by atoms with Gasteiger partial charge in [0.1, 0.15) is 0 Å². The fourth-order valence-corrected chi connectivity index (χ4v) is 11.4. The molecule has 0 fully saturated rings. The number of hydrogen-bond acceptors (Lipinski definition) is 1. The van der Waals surface area contributed by atoms with Crippen molar-refractivity contribution in [3.63, 3.8) is 0 Å². The third-order valence-electron chi connectivity index (χ3n) is 14.1. The molecule has 9 aromatic carbocycles. The molecule has 0 saturated carbocycles. The van der Waals surface area contributed by atoms with E-state index in [4.69, 9.17) is 0 Å². The van der Waals surface area contributed by atoms with Gasteiger partial charge in [-0.25, -0.2) is 0 Å². The largest absolute Gasteiger partial charge is 0.310 e. The third-order valence-corrected chi connectivity index (χ3v) is 14.1. The van der Waals surface area contributed by atoms with E-state index in [1.54, 1.807) is 0 Å². The van der Waals surface area contributed by atoms with Crippen molar-refractivity contribution in [2.24, 2.45) is 0 Å². The molecular weight excluding hydrogens is 735 g/mol. The molecule has 0 unspecified atom stereocenters. The highest BCUT2D eigenvalue weighted by atomic mass is 15.1. The lowest BCUT2D eigenvalue weighted by molar-refractivity contribution is 0.660. The maximum Gasteiger partial charge on any atom is 0.0726 e. The first-order valence-electron chi connectivity index (χ1n) is 21.6. The molecule has 0 aliphatic heterocycles. The molecule has 0 radical (unpaired) electrons. The van der Waals surface area contributed by atoms with Crippen LogP contribution in [0.3, 0.4) is 0 Å². The molecule has 3 aliphatic carbocycles. The molecule has 0 N–H and O–H groups in total. The summed E-state index contributed by atoms with van der Waals surface area (Å²) in [6.45, 7) is 9.35. The second-order valence-corrected chi connectivity index (χ2v) is 17.8. The smallest absolute Gasteiger partial charge is 0.0726 e. The zero-order chi connectivity index (χ0) is 41.0. The van der Waals surface area contributed by atoms with Crippen molar-refractivity contribution >= 4 is 17.1 Å². The van der Waals surface area contributed by atoms with Crippen LogP contribution >= 0.6 is 0 Å². The maximum atomic E-state index is 2.55. The molecule has 0 saturated heterocycles. The quantitative estimate of drug-likeness (QED) is 0.168. The van der Waals surface area contributed by atoms with Gasteiger partial charge in [-0.1, -0.05) is 172 Å². The van der Waals surface area contributed by atoms with Crippen LogP contribution in [0.25, 0.3) is 55.6 Å². The normalized spacial score (nSPS) is 14.2. The Balaban J connectivity index is 1.09. The van der Waals surface area contributed by atoms with Crippen molar-refractivity contribution in [3.8, 4) is 55.6 Å². The summed E-state index contributed by atoms with van der Waals surface area (Å²) in [6.07, 6.45) is 0. The molecule has 1 nitrogen and oxygen atoms in total. The van der Waals surface area contributed by atoms with Gasteiger partial charge in [-0.05, 0) is 156 Å². The third kappa shape index (κ3) is 5.01. The molecule has 1 heteroatoms. The minimum Gasteiger partial charge on any atom is -0.310 e. The van der Waals surface area contributed by atoms with Crippen molar-refractivity contribution in [2.75, 3.05) is 4.90 Å². The highest BCUT2D eigenvalue weighted by Gasteiger charge is 2.51. The number of benzene rings is 9. The zero-order valence-corrected chi connectivity index (χ0v) is 35.0. The van der Waals surface area contributed by atoms with Crippen LogP contribution in [0, 0.1) is 13.8 Å². The lowest BCUT2D eigenvalue weighted by Gasteiger charge is -2.33. The second kappa shape index (κ2) is 13.1. The van der Waals surface area contributed by atoms with E-state index in [1.807, 2.05) is 0 Å².